The lowest BCUT2D eigenvalue weighted by atomic mass is 10.1. The molecule has 0 saturated carbocycles. The number of esters is 1. The molecule has 27 heavy (non-hydrogen) atoms. The summed E-state index contributed by atoms with van der Waals surface area (Å²) in [6, 6.07) is 2.46. The third kappa shape index (κ3) is 4.74. The van der Waals surface area contributed by atoms with Gasteiger partial charge in [-0.3, -0.25) is 24.6 Å². The number of nitro groups is 1. The van der Waals surface area contributed by atoms with E-state index in [1.807, 2.05) is 0 Å². The summed E-state index contributed by atoms with van der Waals surface area (Å²) in [5, 5.41) is 20.9. The summed E-state index contributed by atoms with van der Waals surface area (Å²) in [4.78, 5) is 35.9. The molecule has 0 spiro atoms. The number of methoxy groups -OCH3 is 1. The number of hydrogen-bond donors (Lipinski definition) is 1. The molecule has 2 rings (SSSR count). The van der Waals surface area contributed by atoms with Crippen LogP contribution in [0.2, 0.25) is 0 Å². The van der Waals surface area contributed by atoms with Crippen molar-refractivity contribution in [2.75, 3.05) is 13.7 Å². The molecule has 1 aromatic carbocycles. The van der Waals surface area contributed by atoms with Crippen molar-refractivity contribution in [3.05, 3.63) is 32.7 Å². The van der Waals surface area contributed by atoms with E-state index in [4.69, 9.17) is 21.7 Å². The summed E-state index contributed by atoms with van der Waals surface area (Å²) in [5.74, 6) is -1.82. The lowest BCUT2D eigenvalue weighted by molar-refractivity contribution is -0.386. The van der Waals surface area contributed by atoms with Crippen LogP contribution < -0.4 is 4.74 Å². The molecule has 144 valence electrons. The normalized spacial score (nSPS) is 15.6. The van der Waals surface area contributed by atoms with Gasteiger partial charge in [0.05, 0.1) is 23.0 Å². The van der Waals surface area contributed by atoms with Crippen molar-refractivity contribution in [1.29, 1.82) is 0 Å². The van der Waals surface area contributed by atoms with Gasteiger partial charge in [-0.05, 0) is 31.6 Å². The van der Waals surface area contributed by atoms with Gasteiger partial charge in [0.25, 0.3) is 5.91 Å². The molecule has 0 aromatic heterocycles. The number of ether oxygens (including phenoxy) is 2. The van der Waals surface area contributed by atoms with Crippen LogP contribution in [0.25, 0.3) is 6.08 Å². The lowest BCUT2D eigenvalue weighted by Gasteiger charge is -2.14. The molecule has 0 unspecified atom stereocenters. The predicted molar refractivity (Wildman–Crippen MR) is 102 cm³/mol. The number of phenols is 1. The van der Waals surface area contributed by atoms with E-state index in [9.17, 15) is 24.8 Å². The summed E-state index contributed by atoms with van der Waals surface area (Å²) < 4.78 is 10.1. The summed E-state index contributed by atoms with van der Waals surface area (Å²) >= 11 is 6.08. The van der Waals surface area contributed by atoms with Crippen molar-refractivity contribution >= 4 is 51.9 Å². The van der Waals surface area contributed by atoms with Crippen LogP contribution in [0, 0.1) is 10.1 Å². The number of carbonyl (C=O) groups is 2. The molecule has 0 atom stereocenters. The lowest BCUT2D eigenvalue weighted by Crippen LogP contribution is -2.35. The SMILES string of the molecule is COc1cc(/C=C2\SC(=S)N(CC(=O)OC(C)C)C2=O)cc([N+](=O)[O-])c1O. The first-order valence-corrected chi connectivity index (χ1v) is 8.86. The highest BCUT2D eigenvalue weighted by Crippen LogP contribution is 2.39. The number of thioether (sulfide) groups is 1. The van der Waals surface area contributed by atoms with E-state index in [1.165, 1.54) is 19.3 Å². The fourth-order valence-corrected chi connectivity index (χ4v) is 3.46. The number of benzene rings is 1. The van der Waals surface area contributed by atoms with Gasteiger partial charge in [-0.2, -0.15) is 0 Å². The molecule has 1 aliphatic heterocycles. The van der Waals surface area contributed by atoms with E-state index in [-0.39, 0.29) is 33.2 Å². The average Bonchev–Trinajstić information content (AvgIpc) is 2.82. The number of amides is 1. The molecular formula is C16H16N2O7S2. The molecule has 11 heteroatoms. The Balaban J connectivity index is 2.31. The van der Waals surface area contributed by atoms with Gasteiger partial charge in [0, 0.05) is 6.07 Å². The Labute approximate surface area is 164 Å². The second-order valence-corrected chi connectivity index (χ2v) is 7.33. The number of rotatable bonds is 6. The number of nitrogens with zero attached hydrogens (tertiary/aromatic N) is 2. The maximum absolute atomic E-state index is 12.5. The largest absolute Gasteiger partial charge is 0.500 e. The highest BCUT2D eigenvalue weighted by Gasteiger charge is 2.34. The van der Waals surface area contributed by atoms with Gasteiger partial charge in [-0.1, -0.05) is 24.0 Å². The second kappa shape index (κ2) is 8.35. The van der Waals surface area contributed by atoms with Crippen molar-refractivity contribution in [2.24, 2.45) is 0 Å². The fraction of sp³-hybridized carbons (Fsp3) is 0.312. The molecule has 1 fully saturated rings. The summed E-state index contributed by atoms with van der Waals surface area (Å²) in [5.41, 5.74) is -0.293. The number of nitro benzene ring substituents is 1. The van der Waals surface area contributed by atoms with Crippen LogP contribution in [0.15, 0.2) is 17.0 Å². The molecule has 1 amide bonds. The first kappa shape index (κ1) is 20.6. The van der Waals surface area contributed by atoms with Crippen LogP contribution in [-0.2, 0) is 14.3 Å². The van der Waals surface area contributed by atoms with E-state index >= 15 is 0 Å². The zero-order valence-electron chi connectivity index (χ0n) is 14.6. The number of carbonyl (C=O) groups excluding carboxylic acids is 2. The topological polar surface area (TPSA) is 119 Å². The van der Waals surface area contributed by atoms with Crippen LogP contribution in [0.1, 0.15) is 19.4 Å². The highest BCUT2D eigenvalue weighted by atomic mass is 32.2. The second-order valence-electron chi connectivity index (χ2n) is 5.65. The van der Waals surface area contributed by atoms with Crippen LogP contribution in [0.3, 0.4) is 0 Å². The summed E-state index contributed by atoms with van der Waals surface area (Å²) in [6.07, 6.45) is 1.05. The molecule has 1 aliphatic rings. The summed E-state index contributed by atoms with van der Waals surface area (Å²) in [7, 11) is 1.25. The van der Waals surface area contributed by atoms with Gasteiger partial charge in [0.15, 0.2) is 5.75 Å². The van der Waals surface area contributed by atoms with E-state index < -0.39 is 28.2 Å². The van der Waals surface area contributed by atoms with Gasteiger partial charge in [-0.25, -0.2) is 0 Å². The molecule has 0 radical (unpaired) electrons. The average molecular weight is 412 g/mol. The van der Waals surface area contributed by atoms with E-state index in [1.54, 1.807) is 13.8 Å². The molecule has 0 aliphatic carbocycles. The highest BCUT2D eigenvalue weighted by molar-refractivity contribution is 8.26. The summed E-state index contributed by atoms with van der Waals surface area (Å²) in [6.45, 7) is 3.06. The first-order chi connectivity index (χ1) is 12.6. The Hall–Kier alpha value is -2.66. The number of hydrogen-bond acceptors (Lipinski definition) is 9. The van der Waals surface area contributed by atoms with Crippen molar-refractivity contribution in [2.45, 2.75) is 20.0 Å². The van der Waals surface area contributed by atoms with Gasteiger partial charge in [0.2, 0.25) is 5.75 Å². The maximum atomic E-state index is 12.5. The van der Waals surface area contributed by atoms with Crippen LogP contribution in [-0.4, -0.2) is 50.9 Å². The van der Waals surface area contributed by atoms with Crippen molar-refractivity contribution < 1.29 is 29.1 Å². The number of phenolic OH excluding ortho intramolecular Hbond substituents is 1. The number of aromatic hydroxyl groups is 1. The standard InChI is InChI=1S/C16H16N2O7S2/c1-8(2)25-13(19)7-17-15(21)12(27-16(17)26)6-9-4-10(18(22)23)14(20)11(5-9)24-3/h4-6,8,20H,7H2,1-3H3/b12-6-. The van der Waals surface area contributed by atoms with Crippen molar-refractivity contribution in [3.63, 3.8) is 0 Å². The minimum absolute atomic E-state index is 0.105. The first-order valence-electron chi connectivity index (χ1n) is 7.64. The molecule has 9 nitrogen and oxygen atoms in total. The quantitative estimate of drug-likeness (QED) is 0.247. The Morgan fingerprint density at radius 1 is 1.48 bits per heavy atom. The Morgan fingerprint density at radius 3 is 2.70 bits per heavy atom. The van der Waals surface area contributed by atoms with Crippen molar-refractivity contribution in [1.82, 2.24) is 4.90 Å². The fourth-order valence-electron chi connectivity index (χ4n) is 2.21. The monoisotopic (exact) mass is 412 g/mol. The Bertz CT molecular complexity index is 851. The molecular weight excluding hydrogens is 396 g/mol. The molecule has 1 saturated heterocycles. The Morgan fingerprint density at radius 2 is 2.15 bits per heavy atom. The molecule has 1 heterocycles. The minimum Gasteiger partial charge on any atom is -0.500 e. The van der Waals surface area contributed by atoms with Gasteiger partial charge < -0.3 is 14.6 Å². The molecule has 0 bridgehead atoms. The van der Waals surface area contributed by atoms with Crippen LogP contribution in [0.4, 0.5) is 5.69 Å². The van der Waals surface area contributed by atoms with E-state index in [0.29, 0.717) is 0 Å². The van der Waals surface area contributed by atoms with Gasteiger partial charge >= 0.3 is 11.7 Å². The van der Waals surface area contributed by atoms with Crippen molar-refractivity contribution in [3.8, 4) is 11.5 Å². The predicted octanol–water partition coefficient (Wildman–Crippen LogP) is 2.46. The zero-order valence-corrected chi connectivity index (χ0v) is 16.3. The van der Waals surface area contributed by atoms with Crippen LogP contribution in [0.5, 0.6) is 11.5 Å². The third-order valence-electron chi connectivity index (χ3n) is 3.32. The Kier molecular flexibility index (Phi) is 6.39. The maximum Gasteiger partial charge on any atom is 0.326 e. The molecule has 1 aromatic rings. The van der Waals surface area contributed by atoms with E-state index in [0.717, 1.165) is 22.7 Å². The van der Waals surface area contributed by atoms with Crippen LogP contribution >= 0.6 is 24.0 Å². The van der Waals surface area contributed by atoms with Gasteiger partial charge in [-0.15, -0.1) is 0 Å². The van der Waals surface area contributed by atoms with E-state index in [2.05, 4.69) is 0 Å². The minimum atomic E-state index is -0.762. The smallest absolute Gasteiger partial charge is 0.326 e. The number of thiocarbonyl (C=S) groups is 1. The van der Waals surface area contributed by atoms with Gasteiger partial charge in [0.1, 0.15) is 10.9 Å². The third-order valence-corrected chi connectivity index (χ3v) is 4.70. The molecule has 1 N–H and O–H groups in total. The zero-order chi connectivity index (χ0) is 20.3.